The molecule has 0 spiro atoms. The molecule has 0 saturated heterocycles. The van der Waals surface area contributed by atoms with Gasteiger partial charge in [0.05, 0.1) is 11.4 Å². The molecule has 0 aliphatic rings. The number of nitrogens with zero attached hydrogens (tertiary/aromatic N) is 1. The lowest BCUT2D eigenvalue weighted by molar-refractivity contribution is 0.0696. The Bertz CT molecular complexity index is 419. The number of aromatic nitrogens is 1. The zero-order valence-corrected chi connectivity index (χ0v) is 11.1. The van der Waals surface area contributed by atoms with Gasteiger partial charge in [-0.2, -0.15) is 0 Å². The van der Waals surface area contributed by atoms with E-state index in [1.165, 1.54) is 0 Å². The van der Waals surface area contributed by atoms with Gasteiger partial charge in [-0.3, -0.25) is 4.98 Å². The van der Waals surface area contributed by atoms with Crippen molar-refractivity contribution in [1.82, 2.24) is 4.98 Å². The van der Waals surface area contributed by atoms with Gasteiger partial charge in [-0.15, -0.1) is 0 Å². The van der Waals surface area contributed by atoms with E-state index in [0.29, 0.717) is 11.4 Å². The Morgan fingerprint density at radius 2 is 2.17 bits per heavy atom. The topological polar surface area (TPSA) is 71.5 Å². The van der Waals surface area contributed by atoms with Crippen molar-refractivity contribution in [3.8, 4) is 0 Å². The fraction of sp³-hybridized carbons (Fsp3) is 0.538. The lowest BCUT2D eigenvalue weighted by Gasteiger charge is -2.12. The maximum Gasteiger partial charge on any atom is 0.339 e. The molecule has 5 nitrogen and oxygen atoms in total. The average Bonchev–Trinajstić information content (AvgIpc) is 2.27. The van der Waals surface area contributed by atoms with E-state index < -0.39 is 5.97 Å². The molecule has 0 bridgehead atoms. The van der Waals surface area contributed by atoms with Crippen molar-refractivity contribution < 1.29 is 14.6 Å². The molecule has 0 aliphatic heterocycles. The molecule has 1 heterocycles. The summed E-state index contributed by atoms with van der Waals surface area (Å²) < 4.78 is 4.96. The molecule has 1 aromatic rings. The number of anilines is 1. The van der Waals surface area contributed by atoms with Gasteiger partial charge in [0.1, 0.15) is 5.56 Å². The Morgan fingerprint density at radius 3 is 2.78 bits per heavy atom. The van der Waals surface area contributed by atoms with E-state index in [9.17, 15) is 9.90 Å². The van der Waals surface area contributed by atoms with Crippen LogP contribution in [0.25, 0.3) is 0 Å². The summed E-state index contributed by atoms with van der Waals surface area (Å²) in [7, 11) is 1.67. The minimum Gasteiger partial charge on any atom is -0.478 e. The number of hydrogen-bond acceptors (Lipinski definition) is 4. The number of rotatable bonds is 7. The third-order valence-electron chi connectivity index (χ3n) is 2.63. The number of ether oxygens (including phenoxy) is 1. The van der Waals surface area contributed by atoms with Crippen LogP contribution in [0.2, 0.25) is 0 Å². The predicted molar refractivity (Wildman–Crippen MR) is 70.3 cm³/mol. The molecule has 5 heteroatoms. The normalized spacial score (nSPS) is 10.4. The average molecular weight is 252 g/mol. The molecular formula is C13H20N2O3. The number of methoxy groups -OCH3 is 1. The van der Waals surface area contributed by atoms with Crippen LogP contribution in [0.4, 0.5) is 5.69 Å². The Labute approximate surface area is 107 Å². The van der Waals surface area contributed by atoms with E-state index in [2.05, 4.69) is 10.3 Å². The van der Waals surface area contributed by atoms with Crippen molar-refractivity contribution in [2.45, 2.75) is 26.7 Å². The monoisotopic (exact) mass is 252 g/mol. The van der Waals surface area contributed by atoms with Gasteiger partial charge in [0, 0.05) is 26.0 Å². The molecule has 18 heavy (non-hydrogen) atoms. The number of carbonyl (C=O) groups is 1. The summed E-state index contributed by atoms with van der Waals surface area (Å²) in [5, 5.41) is 12.3. The van der Waals surface area contributed by atoms with E-state index in [4.69, 9.17) is 4.74 Å². The number of pyridine rings is 1. The number of hydrogen-bond donors (Lipinski definition) is 2. The minimum atomic E-state index is -0.945. The Kier molecular flexibility index (Phi) is 5.58. The summed E-state index contributed by atoms with van der Waals surface area (Å²) in [5.41, 5.74) is 2.26. The first-order chi connectivity index (χ1) is 8.56. The van der Waals surface area contributed by atoms with Crippen LogP contribution in [0.15, 0.2) is 6.07 Å². The van der Waals surface area contributed by atoms with Crippen LogP contribution in [0.5, 0.6) is 0 Å². The quantitative estimate of drug-likeness (QED) is 0.728. The maximum atomic E-state index is 11.2. The molecule has 0 amide bonds. The largest absolute Gasteiger partial charge is 0.478 e. The summed E-state index contributed by atoms with van der Waals surface area (Å²) in [4.78, 5) is 15.4. The molecule has 2 N–H and O–H groups in total. The zero-order chi connectivity index (χ0) is 13.5. The molecular weight excluding hydrogens is 232 g/mol. The van der Waals surface area contributed by atoms with Crippen molar-refractivity contribution in [2.75, 3.05) is 25.6 Å². The molecule has 0 atom stereocenters. The van der Waals surface area contributed by atoms with Crippen LogP contribution < -0.4 is 5.32 Å². The Balaban J connectivity index is 2.71. The Morgan fingerprint density at radius 1 is 1.44 bits per heavy atom. The first-order valence-corrected chi connectivity index (χ1v) is 6.00. The van der Waals surface area contributed by atoms with Gasteiger partial charge < -0.3 is 15.2 Å². The van der Waals surface area contributed by atoms with Crippen LogP contribution in [0.1, 0.15) is 34.6 Å². The fourth-order valence-corrected chi connectivity index (χ4v) is 1.83. The number of nitrogens with one attached hydrogen (secondary N) is 1. The smallest absolute Gasteiger partial charge is 0.339 e. The second kappa shape index (κ2) is 6.96. The summed E-state index contributed by atoms with van der Waals surface area (Å²) >= 11 is 0. The molecule has 0 radical (unpaired) electrons. The molecule has 0 unspecified atom stereocenters. The van der Waals surface area contributed by atoms with E-state index in [-0.39, 0.29) is 5.56 Å². The predicted octanol–water partition coefficient (Wildman–Crippen LogP) is 2.24. The molecule has 0 fully saturated rings. The van der Waals surface area contributed by atoms with Gasteiger partial charge in [-0.05, 0) is 32.8 Å². The standard InChI is InChI=1S/C13H20N2O3/c1-9-8-11(14-6-4-5-7-18-3)12(13(16)17)10(2)15-9/h8H,4-7H2,1-3H3,(H,14,15)(H,16,17). The van der Waals surface area contributed by atoms with Crippen LogP contribution in [0.3, 0.4) is 0 Å². The highest BCUT2D eigenvalue weighted by atomic mass is 16.5. The van der Waals surface area contributed by atoms with Crippen LogP contribution in [-0.2, 0) is 4.74 Å². The summed E-state index contributed by atoms with van der Waals surface area (Å²) in [6.07, 6.45) is 1.89. The molecule has 100 valence electrons. The van der Waals surface area contributed by atoms with Gasteiger partial charge in [-0.1, -0.05) is 0 Å². The number of unbranched alkanes of at least 4 members (excludes halogenated alkanes) is 1. The van der Waals surface area contributed by atoms with Gasteiger partial charge in [0.25, 0.3) is 0 Å². The van der Waals surface area contributed by atoms with E-state index >= 15 is 0 Å². The highest BCUT2D eigenvalue weighted by Crippen LogP contribution is 2.19. The van der Waals surface area contributed by atoms with Crippen molar-refractivity contribution in [3.63, 3.8) is 0 Å². The first kappa shape index (κ1) is 14.4. The molecule has 0 saturated carbocycles. The van der Waals surface area contributed by atoms with Gasteiger partial charge >= 0.3 is 5.97 Å². The van der Waals surface area contributed by atoms with Gasteiger partial charge in [-0.25, -0.2) is 4.79 Å². The summed E-state index contributed by atoms with van der Waals surface area (Å²) in [6, 6.07) is 1.77. The summed E-state index contributed by atoms with van der Waals surface area (Å²) in [6.45, 7) is 5.02. The second-order valence-corrected chi connectivity index (χ2v) is 4.20. The molecule has 0 aromatic carbocycles. The van der Waals surface area contributed by atoms with Crippen molar-refractivity contribution in [2.24, 2.45) is 0 Å². The van der Waals surface area contributed by atoms with Gasteiger partial charge in [0.2, 0.25) is 0 Å². The van der Waals surface area contributed by atoms with Gasteiger partial charge in [0.15, 0.2) is 0 Å². The van der Waals surface area contributed by atoms with Crippen molar-refractivity contribution in [1.29, 1.82) is 0 Å². The summed E-state index contributed by atoms with van der Waals surface area (Å²) in [5.74, 6) is -0.945. The fourth-order valence-electron chi connectivity index (χ4n) is 1.83. The number of aromatic carboxylic acids is 1. The number of carboxylic acids is 1. The van der Waals surface area contributed by atoms with E-state index in [0.717, 1.165) is 31.7 Å². The molecule has 0 aliphatic carbocycles. The highest BCUT2D eigenvalue weighted by Gasteiger charge is 2.14. The van der Waals surface area contributed by atoms with E-state index in [1.54, 1.807) is 20.1 Å². The minimum absolute atomic E-state index is 0.257. The lowest BCUT2D eigenvalue weighted by atomic mass is 10.1. The van der Waals surface area contributed by atoms with Crippen molar-refractivity contribution >= 4 is 11.7 Å². The maximum absolute atomic E-state index is 11.2. The van der Waals surface area contributed by atoms with Crippen LogP contribution in [0, 0.1) is 13.8 Å². The first-order valence-electron chi connectivity index (χ1n) is 6.00. The Hall–Kier alpha value is -1.62. The van der Waals surface area contributed by atoms with Crippen molar-refractivity contribution in [3.05, 3.63) is 23.0 Å². The van der Waals surface area contributed by atoms with Crippen LogP contribution >= 0.6 is 0 Å². The zero-order valence-electron chi connectivity index (χ0n) is 11.1. The highest BCUT2D eigenvalue weighted by molar-refractivity contribution is 5.95. The number of carboxylic acid groups (broad SMARTS) is 1. The molecule has 1 aromatic heterocycles. The SMILES string of the molecule is COCCCCNc1cc(C)nc(C)c1C(=O)O. The van der Waals surface area contributed by atoms with Crippen LogP contribution in [-0.4, -0.2) is 36.3 Å². The second-order valence-electron chi connectivity index (χ2n) is 4.20. The third-order valence-corrected chi connectivity index (χ3v) is 2.63. The molecule has 1 rings (SSSR count). The third kappa shape index (κ3) is 4.00. The number of aryl methyl sites for hydroxylation is 2. The van der Waals surface area contributed by atoms with E-state index in [1.807, 2.05) is 6.92 Å². The lowest BCUT2D eigenvalue weighted by Crippen LogP contribution is -2.11.